The predicted molar refractivity (Wildman–Crippen MR) is 94.4 cm³/mol. The number of thioether (sulfide) groups is 1. The molecule has 122 valence electrons. The normalized spacial score (nSPS) is 10.6. The molecular formula is C19H22FNOS. The number of aryl methyl sites for hydroxylation is 2. The van der Waals surface area contributed by atoms with Crippen LogP contribution in [0.1, 0.15) is 23.1 Å². The Morgan fingerprint density at radius 2 is 1.96 bits per heavy atom. The van der Waals surface area contributed by atoms with Gasteiger partial charge >= 0.3 is 0 Å². The number of nitrogens with one attached hydrogen (secondary N) is 1. The molecule has 0 saturated carbocycles. The molecule has 2 rings (SSSR count). The van der Waals surface area contributed by atoms with Crippen LogP contribution in [0, 0.1) is 19.7 Å². The third-order valence-corrected chi connectivity index (χ3v) is 4.70. The SMILES string of the molecule is Cc1ccc(SCCC(=O)NCCc2cccc(F)c2)cc1C. The summed E-state index contributed by atoms with van der Waals surface area (Å²) in [7, 11) is 0. The van der Waals surface area contributed by atoms with E-state index in [1.54, 1.807) is 17.8 Å². The van der Waals surface area contributed by atoms with Gasteiger partial charge in [0.1, 0.15) is 5.82 Å². The third kappa shape index (κ3) is 6.06. The van der Waals surface area contributed by atoms with E-state index in [0.717, 1.165) is 11.3 Å². The van der Waals surface area contributed by atoms with Gasteiger partial charge in [0.15, 0.2) is 0 Å². The first-order chi connectivity index (χ1) is 11.0. The van der Waals surface area contributed by atoms with E-state index < -0.39 is 0 Å². The molecule has 0 fully saturated rings. The number of carbonyl (C=O) groups is 1. The van der Waals surface area contributed by atoms with Gasteiger partial charge in [-0.1, -0.05) is 18.2 Å². The first-order valence-corrected chi connectivity index (χ1v) is 8.74. The van der Waals surface area contributed by atoms with Crippen LogP contribution in [0.15, 0.2) is 47.4 Å². The molecule has 0 atom stereocenters. The van der Waals surface area contributed by atoms with E-state index in [0.29, 0.717) is 19.4 Å². The zero-order valence-electron chi connectivity index (χ0n) is 13.6. The number of amides is 1. The molecule has 2 aromatic rings. The average Bonchev–Trinajstić information content (AvgIpc) is 2.51. The fourth-order valence-corrected chi connectivity index (χ4v) is 3.14. The Morgan fingerprint density at radius 1 is 1.13 bits per heavy atom. The molecule has 0 unspecified atom stereocenters. The van der Waals surface area contributed by atoms with Crippen LogP contribution in [-0.2, 0) is 11.2 Å². The Bertz CT molecular complexity index is 672. The van der Waals surface area contributed by atoms with Gasteiger partial charge in [0, 0.05) is 23.6 Å². The van der Waals surface area contributed by atoms with Crippen molar-refractivity contribution in [3.05, 3.63) is 65.0 Å². The largest absolute Gasteiger partial charge is 0.356 e. The van der Waals surface area contributed by atoms with Gasteiger partial charge in [-0.25, -0.2) is 4.39 Å². The number of rotatable bonds is 7. The topological polar surface area (TPSA) is 29.1 Å². The van der Waals surface area contributed by atoms with Crippen molar-refractivity contribution in [3.8, 4) is 0 Å². The lowest BCUT2D eigenvalue weighted by Crippen LogP contribution is -2.25. The smallest absolute Gasteiger partial charge is 0.220 e. The van der Waals surface area contributed by atoms with Gasteiger partial charge in [-0.3, -0.25) is 4.79 Å². The number of halogens is 1. The number of hydrogen-bond donors (Lipinski definition) is 1. The molecule has 4 heteroatoms. The molecule has 0 spiro atoms. The summed E-state index contributed by atoms with van der Waals surface area (Å²) in [6, 6.07) is 12.8. The van der Waals surface area contributed by atoms with Crippen LogP contribution in [0.3, 0.4) is 0 Å². The van der Waals surface area contributed by atoms with Crippen molar-refractivity contribution in [3.63, 3.8) is 0 Å². The highest BCUT2D eigenvalue weighted by atomic mass is 32.2. The van der Waals surface area contributed by atoms with Crippen molar-refractivity contribution >= 4 is 17.7 Å². The Labute approximate surface area is 141 Å². The molecule has 23 heavy (non-hydrogen) atoms. The zero-order valence-corrected chi connectivity index (χ0v) is 14.4. The molecule has 2 aromatic carbocycles. The van der Waals surface area contributed by atoms with Crippen LogP contribution < -0.4 is 5.32 Å². The highest BCUT2D eigenvalue weighted by Crippen LogP contribution is 2.21. The molecule has 0 aromatic heterocycles. The summed E-state index contributed by atoms with van der Waals surface area (Å²) in [5.41, 5.74) is 3.45. The first-order valence-electron chi connectivity index (χ1n) is 7.76. The van der Waals surface area contributed by atoms with Gasteiger partial charge in [-0.15, -0.1) is 11.8 Å². The Balaban J connectivity index is 1.66. The third-order valence-electron chi connectivity index (χ3n) is 3.70. The fraction of sp³-hybridized carbons (Fsp3) is 0.316. The summed E-state index contributed by atoms with van der Waals surface area (Å²) < 4.78 is 13.0. The van der Waals surface area contributed by atoms with Crippen molar-refractivity contribution in [1.82, 2.24) is 5.32 Å². The molecule has 1 amide bonds. The molecule has 0 bridgehead atoms. The lowest BCUT2D eigenvalue weighted by Gasteiger charge is -2.07. The quantitative estimate of drug-likeness (QED) is 0.767. The Hall–Kier alpha value is -1.81. The van der Waals surface area contributed by atoms with Crippen LogP contribution in [0.4, 0.5) is 4.39 Å². The second kappa shape index (κ2) is 8.73. The molecule has 0 heterocycles. The van der Waals surface area contributed by atoms with Crippen LogP contribution in [0.2, 0.25) is 0 Å². The average molecular weight is 331 g/mol. The summed E-state index contributed by atoms with van der Waals surface area (Å²) in [6.45, 7) is 4.73. The van der Waals surface area contributed by atoms with Crippen molar-refractivity contribution < 1.29 is 9.18 Å². The monoisotopic (exact) mass is 331 g/mol. The molecule has 0 aliphatic rings. The van der Waals surface area contributed by atoms with Crippen molar-refractivity contribution in [1.29, 1.82) is 0 Å². The Kier molecular flexibility index (Phi) is 6.66. The molecule has 0 aliphatic carbocycles. The van der Waals surface area contributed by atoms with Gasteiger partial charge in [0.2, 0.25) is 5.91 Å². The highest BCUT2D eigenvalue weighted by molar-refractivity contribution is 7.99. The molecule has 2 nitrogen and oxygen atoms in total. The van der Waals surface area contributed by atoms with E-state index in [4.69, 9.17) is 0 Å². The maximum Gasteiger partial charge on any atom is 0.220 e. The maximum atomic E-state index is 13.0. The minimum Gasteiger partial charge on any atom is -0.356 e. The zero-order chi connectivity index (χ0) is 16.7. The van der Waals surface area contributed by atoms with E-state index in [9.17, 15) is 9.18 Å². The van der Waals surface area contributed by atoms with E-state index in [-0.39, 0.29) is 11.7 Å². The number of benzene rings is 2. The van der Waals surface area contributed by atoms with E-state index in [1.165, 1.54) is 28.2 Å². The summed E-state index contributed by atoms with van der Waals surface area (Å²) in [6.07, 6.45) is 1.13. The first kappa shape index (κ1) is 17.5. The van der Waals surface area contributed by atoms with Gasteiger partial charge in [-0.05, 0) is 61.2 Å². The summed E-state index contributed by atoms with van der Waals surface area (Å²) in [5.74, 6) is 0.560. The molecule has 1 N–H and O–H groups in total. The van der Waals surface area contributed by atoms with E-state index >= 15 is 0 Å². The number of hydrogen-bond acceptors (Lipinski definition) is 2. The molecule has 0 radical (unpaired) electrons. The number of carbonyl (C=O) groups excluding carboxylic acids is 1. The van der Waals surface area contributed by atoms with Crippen molar-refractivity contribution in [2.24, 2.45) is 0 Å². The lowest BCUT2D eigenvalue weighted by atomic mass is 10.1. The molecular weight excluding hydrogens is 309 g/mol. The summed E-state index contributed by atoms with van der Waals surface area (Å²) in [4.78, 5) is 13.0. The summed E-state index contributed by atoms with van der Waals surface area (Å²) in [5, 5.41) is 2.88. The fourth-order valence-electron chi connectivity index (χ4n) is 2.19. The van der Waals surface area contributed by atoms with E-state index in [1.807, 2.05) is 6.07 Å². The minimum atomic E-state index is -0.237. The van der Waals surface area contributed by atoms with Gasteiger partial charge in [0.25, 0.3) is 0 Å². The van der Waals surface area contributed by atoms with Crippen LogP contribution >= 0.6 is 11.8 Å². The van der Waals surface area contributed by atoms with Crippen molar-refractivity contribution in [2.75, 3.05) is 12.3 Å². The molecule has 0 saturated heterocycles. The van der Waals surface area contributed by atoms with Crippen LogP contribution in [0.25, 0.3) is 0 Å². The highest BCUT2D eigenvalue weighted by Gasteiger charge is 2.03. The van der Waals surface area contributed by atoms with Crippen LogP contribution in [0.5, 0.6) is 0 Å². The van der Waals surface area contributed by atoms with Crippen LogP contribution in [-0.4, -0.2) is 18.2 Å². The summed E-state index contributed by atoms with van der Waals surface area (Å²) >= 11 is 1.69. The van der Waals surface area contributed by atoms with Gasteiger partial charge < -0.3 is 5.32 Å². The van der Waals surface area contributed by atoms with E-state index in [2.05, 4.69) is 37.4 Å². The molecule has 0 aliphatic heterocycles. The predicted octanol–water partition coefficient (Wildman–Crippen LogP) is 4.28. The Morgan fingerprint density at radius 3 is 2.70 bits per heavy atom. The second-order valence-electron chi connectivity index (χ2n) is 5.57. The lowest BCUT2D eigenvalue weighted by molar-refractivity contribution is -0.120. The minimum absolute atomic E-state index is 0.0396. The van der Waals surface area contributed by atoms with Gasteiger partial charge in [-0.2, -0.15) is 0 Å². The standard InChI is InChI=1S/C19H22FNOS/c1-14-6-7-18(12-15(14)2)23-11-9-19(22)21-10-8-16-4-3-5-17(20)13-16/h3-7,12-13H,8-11H2,1-2H3,(H,21,22). The second-order valence-corrected chi connectivity index (χ2v) is 6.74. The van der Waals surface area contributed by atoms with Crippen molar-refractivity contribution in [2.45, 2.75) is 31.6 Å². The van der Waals surface area contributed by atoms with Gasteiger partial charge in [0.05, 0.1) is 0 Å². The maximum absolute atomic E-state index is 13.0.